The van der Waals surface area contributed by atoms with Crippen LogP contribution in [0.25, 0.3) is 11.0 Å². The number of thiophene rings is 1. The summed E-state index contributed by atoms with van der Waals surface area (Å²) in [4.78, 5) is 0. The van der Waals surface area contributed by atoms with Gasteiger partial charge in [0, 0.05) is 22.6 Å². The Morgan fingerprint density at radius 2 is 2.05 bits per heavy atom. The molecule has 20 heavy (non-hydrogen) atoms. The van der Waals surface area contributed by atoms with Gasteiger partial charge >= 0.3 is 0 Å². The van der Waals surface area contributed by atoms with Crippen LogP contribution >= 0.6 is 34.5 Å². The van der Waals surface area contributed by atoms with Gasteiger partial charge in [-0.2, -0.15) is 0 Å². The van der Waals surface area contributed by atoms with Crippen molar-refractivity contribution in [3.05, 3.63) is 55.6 Å². The number of halogens is 3. The van der Waals surface area contributed by atoms with Crippen molar-refractivity contribution in [3.8, 4) is 0 Å². The lowest BCUT2D eigenvalue weighted by Gasteiger charge is -2.08. The summed E-state index contributed by atoms with van der Waals surface area (Å²) >= 11 is 13.3. The van der Waals surface area contributed by atoms with Crippen molar-refractivity contribution in [3.63, 3.8) is 0 Å². The van der Waals surface area contributed by atoms with Crippen molar-refractivity contribution in [1.29, 1.82) is 0 Å². The van der Waals surface area contributed by atoms with Crippen molar-refractivity contribution < 1.29 is 8.81 Å². The number of fused-ring (bicyclic) bond motifs is 1. The van der Waals surface area contributed by atoms with Crippen LogP contribution < -0.4 is 5.73 Å². The average molecular weight is 330 g/mol. The molecule has 2 N–H and O–H groups in total. The Balaban J connectivity index is 2.14. The molecular formula is C14H10Cl2FNOS. The predicted octanol–water partition coefficient (Wildman–Crippen LogP) is 5.30. The lowest BCUT2D eigenvalue weighted by atomic mass is 10.0. The van der Waals surface area contributed by atoms with Crippen molar-refractivity contribution in [2.45, 2.75) is 13.0 Å². The zero-order valence-corrected chi connectivity index (χ0v) is 12.7. The predicted molar refractivity (Wildman–Crippen MR) is 81.3 cm³/mol. The second-order valence-corrected chi connectivity index (χ2v) is 6.77. The maximum absolute atomic E-state index is 13.2. The molecule has 0 aliphatic heterocycles. The molecule has 2 heterocycles. The van der Waals surface area contributed by atoms with Gasteiger partial charge in [-0.1, -0.05) is 23.2 Å². The van der Waals surface area contributed by atoms with Crippen molar-refractivity contribution >= 4 is 45.5 Å². The Hall–Kier alpha value is -1.07. The van der Waals surface area contributed by atoms with Crippen LogP contribution in [-0.2, 0) is 0 Å². The van der Waals surface area contributed by atoms with E-state index in [1.165, 1.54) is 23.5 Å². The first kappa shape index (κ1) is 13.9. The van der Waals surface area contributed by atoms with Gasteiger partial charge < -0.3 is 10.2 Å². The Morgan fingerprint density at radius 1 is 1.30 bits per heavy atom. The molecule has 0 saturated carbocycles. The van der Waals surface area contributed by atoms with Crippen molar-refractivity contribution in [2.24, 2.45) is 5.73 Å². The molecule has 0 spiro atoms. The fraction of sp³-hybridized carbons (Fsp3) is 0.143. The van der Waals surface area contributed by atoms with Crippen LogP contribution in [0.2, 0.25) is 8.67 Å². The van der Waals surface area contributed by atoms with E-state index in [-0.39, 0.29) is 5.82 Å². The highest BCUT2D eigenvalue weighted by Gasteiger charge is 2.22. The van der Waals surface area contributed by atoms with Gasteiger partial charge in [0.05, 0.1) is 14.7 Å². The minimum absolute atomic E-state index is 0.344. The summed E-state index contributed by atoms with van der Waals surface area (Å²) in [6.45, 7) is 1.89. The molecule has 2 nitrogen and oxygen atoms in total. The highest BCUT2D eigenvalue weighted by Crippen LogP contribution is 2.39. The zero-order valence-electron chi connectivity index (χ0n) is 10.4. The van der Waals surface area contributed by atoms with E-state index in [0.717, 1.165) is 10.9 Å². The minimum Gasteiger partial charge on any atom is -0.459 e. The molecule has 1 atom stereocenters. The standard InChI is InChI=1S/C14H10Cl2FNOS/c1-6-8-3-2-7(17)4-10(8)19-13(6)12(18)9-5-11(15)20-14(9)16/h2-5,12H,18H2,1H3. The van der Waals surface area contributed by atoms with E-state index in [1.54, 1.807) is 12.1 Å². The van der Waals surface area contributed by atoms with Crippen LogP contribution in [-0.4, -0.2) is 0 Å². The van der Waals surface area contributed by atoms with Gasteiger partial charge in [0.2, 0.25) is 0 Å². The molecule has 0 aliphatic carbocycles. The Morgan fingerprint density at radius 3 is 2.70 bits per heavy atom. The Labute approximate surface area is 128 Å². The fourth-order valence-corrected chi connectivity index (χ4v) is 3.77. The number of benzene rings is 1. The lowest BCUT2D eigenvalue weighted by molar-refractivity contribution is 0.519. The molecule has 1 aromatic carbocycles. The van der Waals surface area contributed by atoms with Crippen LogP contribution in [0.5, 0.6) is 0 Å². The van der Waals surface area contributed by atoms with E-state index < -0.39 is 6.04 Å². The summed E-state index contributed by atoms with van der Waals surface area (Å²) in [5, 5.41) is 0.842. The summed E-state index contributed by atoms with van der Waals surface area (Å²) in [5.41, 5.74) is 8.28. The van der Waals surface area contributed by atoms with E-state index >= 15 is 0 Å². The molecule has 0 saturated heterocycles. The number of rotatable bonds is 2. The van der Waals surface area contributed by atoms with Gasteiger partial charge in [-0.15, -0.1) is 11.3 Å². The molecular weight excluding hydrogens is 320 g/mol. The first-order valence-electron chi connectivity index (χ1n) is 5.86. The molecule has 3 aromatic rings. The molecule has 0 amide bonds. The summed E-state index contributed by atoms with van der Waals surface area (Å²) in [5.74, 6) is 0.227. The first-order chi connectivity index (χ1) is 9.47. The summed E-state index contributed by atoms with van der Waals surface area (Å²) in [6.07, 6.45) is 0. The summed E-state index contributed by atoms with van der Waals surface area (Å²) in [6, 6.07) is 5.63. The molecule has 104 valence electrons. The quantitative estimate of drug-likeness (QED) is 0.693. The van der Waals surface area contributed by atoms with E-state index in [2.05, 4.69) is 0 Å². The number of hydrogen-bond acceptors (Lipinski definition) is 3. The van der Waals surface area contributed by atoms with Crippen molar-refractivity contribution in [1.82, 2.24) is 0 Å². The fourth-order valence-electron chi connectivity index (χ4n) is 2.22. The van der Waals surface area contributed by atoms with Crippen LogP contribution in [0.1, 0.15) is 22.9 Å². The summed E-state index contributed by atoms with van der Waals surface area (Å²) < 4.78 is 20.0. The van der Waals surface area contributed by atoms with Crippen LogP contribution in [0.4, 0.5) is 4.39 Å². The highest BCUT2D eigenvalue weighted by molar-refractivity contribution is 7.20. The Bertz CT molecular complexity index is 796. The topological polar surface area (TPSA) is 39.2 Å². The van der Waals surface area contributed by atoms with Gasteiger partial charge in [0.15, 0.2) is 0 Å². The first-order valence-corrected chi connectivity index (χ1v) is 7.43. The minimum atomic E-state index is -0.526. The van der Waals surface area contributed by atoms with Gasteiger partial charge in [-0.3, -0.25) is 0 Å². The zero-order chi connectivity index (χ0) is 14.4. The number of aryl methyl sites for hydroxylation is 1. The number of furan rings is 1. The smallest absolute Gasteiger partial charge is 0.137 e. The number of hydrogen-bond donors (Lipinski definition) is 1. The van der Waals surface area contributed by atoms with Crippen molar-refractivity contribution in [2.75, 3.05) is 0 Å². The maximum Gasteiger partial charge on any atom is 0.137 e. The molecule has 0 aliphatic rings. The largest absolute Gasteiger partial charge is 0.459 e. The van der Waals surface area contributed by atoms with E-state index in [9.17, 15) is 4.39 Å². The third-order valence-electron chi connectivity index (χ3n) is 3.24. The third kappa shape index (κ3) is 2.23. The molecule has 6 heteroatoms. The number of nitrogens with two attached hydrogens (primary N) is 1. The SMILES string of the molecule is Cc1c(C(N)c2cc(Cl)sc2Cl)oc2cc(F)ccc12. The van der Waals surface area contributed by atoms with Crippen LogP contribution in [0.15, 0.2) is 28.7 Å². The molecule has 0 radical (unpaired) electrons. The highest BCUT2D eigenvalue weighted by atomic mass is 35.5. The lowest BCUT2D eigenvalue weighted by Crippen LogP contribution is -2.11. The van der Waals surface area contributed by atoms with Gasteiger partial charge in [0.25, 0.3) is 0 Å². The third-order valence-corrected chi connectivity index (χ3v) is 4.76. The second kappa shape index (κ2) is 5.04. The van der Waals surface area contributed by atoms with Crippen LogP contribution in [0.3, 0.4) is 0 Å². The second-order valence-electron chi connectivity index (χ2n) is 4.49. The monoisotopic (exact) mass is 329 g/mol. The van der Waals surface area contributed by atoms with E-state index in [1.807, 2.05) is 6.92 Å². The van der Waals surface area contributed by atoms with Gasteiger partial charge in [-0.25, -0.2) is 4.39 Å². The summed E-state index contributed by atoms with van der Waals surface area (Å²) in [7, 11) is 0. The average Bonchev–Trinajstić information content (AvgIpc) is 2.89. The maximum atomic E-state index is 13.2. The normalized spacial score (nSPS) is 13.1. The van der Waals surface area contributed by atoms with E-state index in [0.29, 0.717) is 25.6 Å². The molecule has 0 bridgehead atoms. The molecule has 0 fully saturated rings. The molecule has 1 unspecified atom stereocenters. The van der Waals surface area contributed by atoms with Gasteiger partial charge in [0.1, 0.15) is 17.2 Å². The molecule has 2 aromatic heterocycles. The van der Waals surface area contributed by atoms with E-state index in [4.69, 9.17) is 33.4 Å². The van der Waals surface area contributed by atoms with Crippen LogP contribution in [0, 0.1) is 12.7 Å². The van der Waals surface area contributed by atoms with Gasteiger partial charge in [-0.05, 0) is 25.1 Å². The Kier molecular flexibility index (Phi) is 3.50. The molecule has 3 rings (SSSR count).